The highest BCUT2D eigenvalue weighted by Gasteiger charge is 2.09. The molecule has 0 amide bonds. The van der Waals surface area contributed by atoms with E-state index < -0.39 is 0 Å². The van der Waals surface area contributed by atoms with Crippen molar-refractivity contribution < 1.29 is 0 Å². The fourth-order valence-electron chi connectivity index (χ4n) is 1.50. The van der Waals surface area contributed by atoms with Gasteiger partial charge in [0.1, 0.15) is 10.1 Å². The van der Waals surface area contributed by atoms with Crippen LogP contribution in [0.4, 0.5) is 0 Å². The maximum atomic E-state index is 6.13. The largest absolute Gasteiger partial charge is 0.310 e. The molecule has 2 rings (SSSR count). The molecule has 5 heteroatoms. The van der Waals surface area contributed by atoms with Crippen molar-refractivity contribution >= 4 is 23.4 Å². The molecule has 3 nitrogen and oxygen atoms in total. The Hall–Kier alpha value is -1.10. The predicted molar refractivity (Wildman–Crippen MR) is 79.6 cm³/mol. The van der Waals surface area contributed by atoms with Crippen molar-refractivity contribution in [3.63, 3.8) is 0 Å². The van der Waals surface area contributed by atoms with Crippen LogP contribution in [0.3, 0.4) is 0 Å². The summed E-state index contributed by atoms with van der Waals surface area (Å²) in [5.41, 5.74) is 1.16. The van der Waals surface area contributed by atoms with Crippen molar-refractivity contribution in [1.82, 2.24) is 15.3 Å². The zero-order chi connectivity index (χ0) is 13.7. The summed E-state index contributed by atoms with van der Waals surface area (Å²) in [5.74, 6) is 0. The summed E-state index contributed by atoms with van der Waals surface area (Å²) in [6, 6.07) is 8.12. The topological polar surface area (TPSA) is 37.8 Å². The molecule has 0 saturated heterocycles. The number of rotatable bonds is 5. The van der Waals surface area contributed by atoms with Gasteiger partial charge in [-0.05, 0) is 35.5 Å². The third-order valence-corrected chi connectivity index (χ3v) is 3.97. The Morgan fingerprint density at radius 1 is 1.16 bits per heavy atom. The van der Waals surface area contributed by atoms with Gasteiger partial charge in [-0.15, -0.1) is 0 Å². The first-order chi connectivity index (χ1) is 9.16. The predicted octanol–water partition coefficient (Wildman–Crippen LogP) is 3.78. The van der Waals surface area contributed by atoms with Crippen LogP contribution in [0.25, 0.3) is 0 Å². The Labute approximate surface area is 122 Å². The molecule has 1 N–H and O–H groups in total. The molecule has 100 valence electrons. The van der Waals surface area contributed by atoms with Crippen molar-refractivity contribution in [1.29, 1.82) is 0 Å². The normalized spacial score (nSPS) is 10.9. The van der Waals surface area contributed by atoms with Crippen LogP contribution in [0.15, 0.2) is 46.7 Å². The van der Waals surface area contributed by atoms with E-state index in [1.54, 1.807) is 12.4 Å². The van der Waals surface area contributed by atoms with E-state index in [4.69, 9.17) is 11.6 Å². The van der Waals surface area contributed by atoms with E-state index in [0.717, 1.165) is 22.2 Å². The molecule has 0 aromatic carbocycles. The molecular weight excluding hydrogens is 278 g/mol. The summed E-state index contributed by atoms with van der Waals surface area (Å²) in [6.45, 7) is 5.04. The first kappa shape index (κ1) is 14.3. The van der Waals surface area contributed by atoms with Gasteiger partial charge in [0.25, 0.3) is 0 Å². The molecule has 0 unspecified atom stereocenters. The molecule has 2 aromatic heterocycles. The van der Waals surface area contributed by atoms with Gasteiger partial charge in [0.15, 0.2) is 0 Å². The van der Waals surface area contributed by atoms with Crippen molar-refractivity contribution in [2.75, 3.05) is 0 Å². The Morgan fingerprint density at radius 2 is 1.84 bits per heavy atom. The van der Waals surface area contributed by atoms with Gasteiger partial charge in [-0.3, -0.25) is 0 Å². The van der Waals surface area contributed by atoms with Crippen molar-refractivity contribution in [3.8, 4) is 0 Å². The molecule has 0 aliphatic rings. The minimum atomic E-state index is 0.441. The van der Waals surface area contributed by atoms with Crippen molar-refractivity contribution in [3.05, 3.63) is 47.2 Å². The van der Waals surface area contributed by atoms with E-state index in [0.29, 0.717) is 11.1 Å². The Balaban J connectivity index is 2.18. The SMILES string of the molecule is CC(C)NCc1cccnc1Sc1ncccc1Cl. The number of nitrogens with one attached hydrogen (secondary N) is 1. The Morgan fingerprint density at radius 3 is 2.53 bits per heavy atom. The fraction of sp³-hybridized carbons (Fsp3) is 0.286. The highest BCUT2D eigenvalue weighted by Crippen LogP contribution is 2.31. The number of hydrogen-bond acceptors (Lipinski definition) is 4. The number of pyridine rings is 2. The lowest BCUT2D eigenvalue weighted by atomic mass is 10.2. The van der Waals surface area contributed by atoms with Gasteiger partial charge in [-0.1, -0.05) is 31.5 Å². The first-order valence-electron chi connectivity index (χ1n) is 6.12. The van der Waals surface area contributed by atoms with Crippen LogP contribution in [-0.4, -0.2) is 16.0 Å². The highest BCUT2D eigenvalue weighted by molar-refractivity contribution is 7.99. The molecule has 0 radical (unpaired) electrons. The number of nitrogens with zero attached hydrogens (tertiary/aromatic N) is 2. The zero-order valence-corrected chi connectivity index (χ0v) is 12.5. The third kappa shape index (κ3) is 4.20. The number of halogens is 1. The molecule has 0 fully saturated rings. The lowest BCUT2D eigenvalue weighted by Crippen LogP contribution is -2.22. The summed E-state index contributed by atoms with van der Waals surface area (Å²) in [5, 5.41) is 5.78. The summed E-state index contributed by atoms with van der Waals surface area (Å²) in [4.78, 5) is 8.70. The van der Waals surface area contributed by atoms with Gasteiger partial charge in [0.05, 0.1) is 5.02 Å². The second kappa shape index (κ2) is 6.89. The summed E-state index contributed by atoms with van der Waals surface area (Å²) < 4.78 is 0. The van der Waals surface area contributed by atoms with E-state index in [-0.39, 0.29) is 0 Å². The molecule has 19 heavy (non-hydrogen) atoms. The van der Waals surface area contributed by atoms with Crippen molar-refractivity contribution in [2.45, 2.75) is 36.5 Å². The van der Waals surface area contributed by atoms with Gasteiger partial charge in [0, 0.05) is 25.0 Å². The lowest BCUT2D eigenvalue weighted by molar-refractivity contribution is 0.582. The van der Waals surface area contributed by atoms with Gasteiger partial charge >= 0.3 is 0 Å². The zero-order valence-electron chi connectivity index (χ0n) is 10.9. The molecule has 0 atom stereocenters. The van der Waals surface area contributed by atoms with Crippen molar-refractivity contribution in [2.24, 2.45) is 0 Å². The average molecular weight is 294 g/mol. The van der Waals surface area contributed by atoms with Crippen LogP contribution in [0.5, 0.6) is 0 Å². The lowest BCUT2D eigenvalue weighted by Gasteiger charge is -2.11. The van der Waals surface area contributed by atoms with Gasteiger partial charge in [0.2, 0.25) is 0 Å². The quantitative estimate of drug-likeness (QED) is 0.910. The van der Waals surface area contributed by atoms with E-state index in [9.17, 15) is 0 Å². The maximum absolute atomic E-state index is 6.13. The first-order valence-corrected chi connectivity index (χ1v) is 7.32. The molecule has 0 spiro atoms. The minimum absolute atomic E-state index is 0.441. The van der Waals surface area contributed by atoms with E-state index in [1.807, 2.05) is 18.2 Å². The average Bonchev–Trinajstić information content (AvgIpc) is 2.40. The van der Waals surface area contributed by atoms with Crippen LogP contribution in [0.1, 0.15) is 19.4 Å². The Kier molecular flexibility index (Phi) is 5.19. The van der Waals surface area contributed by atoms with Gasteiger partial charge < -0.3 is 5.32 Å². The molecule has 0 aliphatic heterocycles. The number of aromatic nitrogens is 2. The highest BCUT2D eigenvalue weighted by atomic mass is 35.5. The smallest absolute Gasteiger partial charge is 0.121 e. The van der Waals surface area contributed by atoms with Crippen LogP contribution in [-0.2, 0) is 6.54 Å². The molecule has 2 aromatic rings. The second-order valence-electron chi connectivity index (χ2n) is 4.40. The summed E-state index contributed by atoms with van der Waals surface area (Å²) >= 11 is 7.63. The fourth-order valence-corrected chi connectivity index (χ4v) is 2.59. The summed E-state index contributed by atoms with van der Waals surface area (Å²) in [6.07, 6.45) is 3.53. The van der Waals surface area contributed by atoms with E-state index in [2.05, 4.69) is 35.2 Å². The number of hydrogen-bond donors (Lipinski definition) is 1. The molecule has 2 heterocycles. The van der Waals surface area contributed by atoms with Crippen LogP contribution in [0.2, 0.25) is 5.02 Å². The van der Waals surface area contributed by atoms with Crippen LogP contribution in [0, 0.1) is 0 Å². The van der Waals surface area contributed by atoms with Crippen LogP contribution >= 0.6 is 23.4 Å². The van der Waals surface area contributed by atoms with Gasteiger partial charge in [-0.25, -0.2) is 9.97 Å². The van der Waals surface area contributed by atoms with Crippen LogP contribution < -0.4 is 5.32 Å². The molecule has 0 bridgehead atoms. The monoisotopic (exact) mass is 293 g/mol. The van der Waals surface area contributed by atoms with E-state index >= 15 is 0 Å². The maximum Gasteiger partial charge on any atom is 0.121 e. The second-order valence-corrected chi connectivity index (χ2v) is 5.78. The molecular formula is C14H16ClN3S. The standard InChI is InChI=1S/C14H16ClN3S/c1-10(2)18-9-11-5-3-7-16-13(11)19-14-12(15)6-4-8-17-14/h3-8,10,18H,9H2,1-2H3. The molecule has 0 aliphatic carbocycles. The third-order valence-electron chi connectivity index (χ3n) is 2.47. The van der Waals surface area contributed by atoms with E-state index in [1.165, 1.54) is 11.8 Å². The summed E-state index contributed by atoms with van der Waals surface area (Å²) in [7, 11) is 0. The Bertz CT molecular complexity index is 546. The minimum Gasteiger partial charge on any atom is -0.310 e. The van der Waals surface area contributed by atoms with Gasteiger partial charge in [-0.2, -0.15) is 0 Å². The molecule has 0 saturated carbocycles.